The van der Waals surface area contributed by atoms with E-state index in [4.69, 9.17) is 23.2 Å². The Hall–Kier alpha value is -0.0500. The van der Waals surface area contributed by atoms with E-state index in [-0.39, 0.29) is 0 Å². The summed E-state index contributed by atoms with van der Waals surface area (Å²) in [7, 11) is 0. The van der Waals surface area contributed by atoms with Gasteiger partial charge in [0.2, 0.25) is 0 Å². The van der Waals surface area contributed by atoms with Gasteiger partial charge in [-0.05, 0) is 18.2 Å². The SMILES string of the molecule is Clc1cc(Cl)cc(NC2CSC2)c1. The topological polar surface area (TPSA) is 12.0 Å². The third-order valence-electron chi connectivity index (χ3n) is 1.87. The van der Waals surface area contributed by atoms with Crippen molar-refractivity contribution in [2.75, 3.05) is 16.8 Å². The van der Waals surface area contributed by atoms with Crippen molar-refractivity contribution in [2.45, 2.75) is 6.04 Å². The van der Waals surface area contributed by atoms with E-state index in [1.807, 2.05) is 23.9 Å². The molecule has 1 nitrogen and oxygen atoms in total. The van der Waals surface area contributed by atoms with E-state index in [1.165, 1.54) is 11.5 Å². The van der Waals surface area contributed by atoms with Gasteiger partial charge in [-0.15, -0.1) is 0 Å². The van der Waals surface area contributed by atoms with Crippen LogP contribution in [0.25, 0.3) is 0 Å². The van der Waals surface area contributed by atoms with Gasteiger partial charge in [0.25, 0.3) is 0 Å². The Morgan fingerprint density at radius 2 is 1.77 bits per heavy atom. The lowest BCUT2D eigenvalue weighted by Gasteiger charge is -2.27. The molecule has 1 N–H and O–H groups in total. The highest BCUT2D eigenvalue weighted by Gasteiger charge is 2.17. The fourth-order valence-corrected chi connectivity index (χ4v) is 2.36. The molecule has 1 saturated heterocycles. The van der Waals surface area contributed by atoms with Crippen LogP contribution in [-0.2, 0) is 0 Å². The van der Waals surface area contributed by atoms with Gasteiger partial charge in [-0.25, -0.2) is 0 Å². The minimum Gasteiger partial charge on any atom is -0.381 e. The third-order valence-corrected chi connectivity index (χ3v) is 3.58. The standard InChI is InChI=1S/C9H9Cl2NS/c10-6-1-7(11)3-8(2-6)12-9-4-13-5-9/h1-3,9,12H,4-5H2. The second-order valence-electron chi connectivity index (χ2n) is 3.04. The molecule has 0 amide bonds. The maximum Gasteiger partial charge on any atom is 0.0442 e. The number of thioether (sulfide) groups is 1. The number of anilines is 1. The highest BCUT2D eigenvalue weighted by Crippen LogP contribution is 2.26. The molecule has 0 saturated carbocycles. The van der Waals surface area contributed by atoms with Crippen LogP contribution >= 0.6 is 35.0 Å². The molecule has 0 aliphatic carbocycles. The molecular formula is C9H9Cl2NS. The van der Waals surface area contributed by atoms with Crippen LogP contribution in [0.5, 0.6) is 0 Å². The predicted molar refractivity (Wildman–Crippen MR) is 61.2 cm³/mol. The van der Waals surface area contributed by atoms with Crippen LogP contribution < -0.4 is 5.32 Å². The average molecular weight is 234 g/mol. The molecule has 13 heavy (non-hydrogen) atoms. The molecule has 2 rings (SSSR count). The van der Waals surface area contributed by atoms with E-state index < -0.39 is 0 Å². The van der Waals surface area contributed by atoms with Gasteiger partial charge in [0.05, 0.1) is 0 Å². The Morgan fingerprint density at radius 3 is 2.23 bits per heavy atom. The first-order valence-electron chi connectivity index (χ1n) is 4.04. The molecule has 0 aromatic heterocycles. The summed E-state index contributed by atoms with van der Waals surface area (Å²) in [4.78, 5) is 0. The molecule has 4 heteroatoms. The molecule has 0 radical (unpaired) electrons. The van der Waals surface area contributed by atoms with Crippen LogP contribution in [0.4, 0.5) is 5.69 Å². The van der Waals surface area contributed by atoms with E-state index >= 15 is 0 Å². The van der Waals surface area contributed by atoms with Gasteiger partial charge in [-0.2, -0.15) is 11.8 Å². The molecule has 0 atom stereocenters. The Bertz CT molecular complexity index is 292. The molecule has 0 spiro atoms. The molecule has 0 unspecified atom stereocenters. The number of halogens is 2. The van der Waals surface area contributed by atoms with E-state index in [1.54, 1.807) is 6.07 Å². The summed E-state index contributed by atoms with van der Waals surface area (Å²) in [6, 6.07) is 6.12. The monoisotopic (exact) mass is 233 g/mol. The summed E-state index contributed by atoms with van der Waals surface area (Å²) in [5.41, 5.74) is 1.02. The van der Waals surface area contributed by atoms with Crippen LogP contribution in [0.2, 0.25) is 10.0 Å². The highest BCUT2D eigenvalue weighted by molar-refractivity contribution is 8.00. The predicted octanol–water partition coefficient (Wildman–Crippen LogP) is 3.52. The number of benzene rings is 1. The fourth-order valence-electron chi connectivity index (χ4n) is 1.19. The quantitative estimate of drug-likeness (QED) is 0.840. The van der Waals surface area contributed by atoms with Crippen molar-refractivity contribution in [3.8, 4) is 0 Å². The van der Waals surface area contributed by atoms with E-state index in [2.05, 4.69) is 5.32 Å². The van der Waals surface area contributed by atoms with Crippen LogP contribution in [0.3, 0.4) is 0 Å². The summed E-state index contributed by atoms with van der Waals surface area (Å²) in [6.45, 7) is 0. The Labute approximate surface area is 91.8 Å². The lowest BCUT2D eigenvalue weighted by Crippen LogP contribution is -2.33. The van der Waals surface area contributed by atoms with E-state index in [0.717, 1.165) is 5.69 Å². The lowest BCUT2D eigenvalue weighted by molar-refractivity contribution is 0.882. The van der Waals surface area contributed by atoms with Crippen LogP contribution in [-0.4, -0.2) is 17.5 Å². The van der Waals surface area contributed by atoms with E-state index in [0.29, 0.717) is 16.1 Å². The second kappa shape index (κ2) is 3.99. The zero-order valence-corrected chi connectivity index (χ0v) is 9.22. The fraction of sp³-hybridized carbons (Fsp3) is 0.333. The first kappa shape index (κ1) is 9.50. The summed E-state index contributed by atoms with van der Waals surface area (Å²) in [5, 5.41) is 4.74. The molecule has 70 valence electrons. The number of nitrogens with one attached hydrogen (secondary N) is 1. The molecular weight excluding hydrogens is 225 g/mol. The van der Waals surface area contributed by atoms with Gasteiger partial charge >= 0.3 is 0 Å². The zero-order valence-electron chi connectivity index (χ0n) is 6.89. The van der Waals surface area contributed by atoms with Crippen molar-refractivity contribution in [3.05, 3.63) is 28.2 Å². The van der Waals surface area contributed by atoms with Crippen LogP contribution in [0.15, 0.2) is 18.2 Å². The Kier molecular flexibility index (Phi) is 2.92. The van der Waals surface area contributed by atoms with Crippen LogP contribution in [0, 0.1) is 0 Å². The smallest absolute Gasteiger partial charge is 0.0442 e. The maximum atomic E-state index is 5.87. The second-order valence-corrected chi connectivity index (χ2v) is 4.98. The minimum atomic E-state index is 0.583. The molecule has 1 aliphatic heterocycles. The molecule has 1 heterocycles. The minimum absolute atomic E-state index is 0.583. The van der Waals surface area contributed by atoms with Gasteiger partial charge in [0.1, 0.15) is 0 Å². The van der Waals surface area contributed by atoms with Crippen molar-refractivity contribution in [1.29, 1.82) is 0 Å². The third kappa shape index (κ3) is 2.46. The summed E-state index contributed by atoms with van der Waals surface area (Å²) in [5.74, 6) is 2.34. The van der Waals surface area contributed by atoms with Crippen molar-refractivity contribution in [3.63, 3.8) is 0 Å². The Morgan fingerprint density at radius 1 is 1.15 bits per heavy atom. The van der Waals surface area contributed by atoms with Crippen molar-refractivity contribution >= 4 is 40.7 Å². The van der Waals surface area contributed by atoms with Crippen molar-refractivity contribution < 1.29 is 0 Å². The summed E-state index contributed by atoms with van der Waals surface area (Å²) in [6.07, 6.45) is 0. The highest BCUT2D eigenvalue weighted by atomic mass is 35.5. The number of hydrogen-bond acceptors (Lipinski definition) is 2. The van der Waals surface area contributed by atoms with Gasteiger partial charge in [0, 0.05) is 33.3 Å². The lowest BCUT2D eigenvalue weighted by atomic mass is 10.3. The van der Waals surface area contributed by atoms with Gasteiger partial charge in [-0.3, -0.25) is 0 Å². The van der Waals surface area contributed by atoms with E-state index in [9.17, 15) is 0 Å². The van der Waals surface area contributed by atoms with Crippen LogP contribution in [0.1, 0.15) is 0 Å². The van der Waals surface area contributed by atoms with Gasteiger partial charge in [-0.1, -0.05) is 23.2 Å². The van der Waals surface area contributed by atoms with Gasteiger partial charge < -0.3 is 5.32 Å². The number of rotatable bonds is 2. The molecule has 1 aromatic rings. The largest absolute Gasteiger partial charge is 0.381 e. The number of hydrogen-bond donors (Lipinski definition) is 1. The average Bonchev–Trinajstić information content (AvgIpc) is 1.95. The molecule has 1 aliphatic rings. The maximum absolute atomic E-state index is 5.87. The van der Waals surface area contributed by atoms with Crippen molar-refractivity contribution in [2.24, 2.45) is 0 Å². The Balaban J connectivity index is 2.10. The molecule has 1 fully saturated rings. The van der Waals surface area contributed by atoms with Gasteiger partial charge in [0.15, 0.2) is 0 Å². The zero-order chi connectivity index (χ0) is 9.26. The molecule has 0 bridgehead atoms. The normalized spacial score (nSPS) is 16.8. The first-order valence-corrected chi connectivity index (χ1v) is 5.95. The summed E-state index contributed by atoms with van der Waals surface area (Å²) < 4.78 is 0. The first-order chi connectivity index (χ1) is 6.24. The van der Waals surface area contributed by atoms with Crippen molar-refractivity contribution in [1.82, 2.24) is 0 Å². The summed E-state index contributed by atoms with van der Waals surface area (Å²) >= 11 is 13.7. The molecule has 1 aromatic carbocycles.